The molecule has 2 aromatic carbocycles. The topological polar surface area (TPSA) is 81.7 Å². The van der Waals surface area contributed by atoms with E-state index in [1.54, 1.807) is 18.2 Å². The third-order valence-electron chi connectivity index (χ3n) is 3.39. The maximum Gasteiger partial charge on any atom is 0.344 e. The van der Waals surface area contributed by atoms with Crippen molar-refractivity contribution in [2.24, 2.45) is 0 Å². The summed E-state index contributed by atoms with van der Waals surface area (Å²) < 4.78 is 23.1. The molecule has 26 heavy (non-hydrogen) atoms. The first kappa shape index (κ1) is 19.1. The molecule has 2 rings (SSSR count). The summed E-state index contributed by atoms with van der Waals surface area (Å²) in [6.45, 7) is 2.43. The average Bonchev–Trinajstić information content (AvgIpc) is 2.62. The lowest BCUT2D eigenvalue weighted by molar-refractivity contribution is -0.155. The van der Waals surface area contributed by atoms with E-state index in [4.69, 9.17) is 9.47 Å². The molecule has 1 atom stereocenters. The van der Waals surface area contributed by atoms with E-state index >= 15 is 0 Å². The van der Waals surface area contributed by atoms with Gasteiger partial charge in [-0.15, -0.1) is 0 Å². The Morgan fingerprint density at radius 3 is 2.46 bits per heavy atom. The number of ether oxygens (including phenoxy) is 2. The molecule has 0 aromatic heterocycles. The highest BCUT2D eigenvalue weighted by Crippen LogP contribution is 2.14. The highest BCUT2D eigenvalue weighted by Gasteiger charge is 2.18. The molecule has 0 bridgehead atoms. The molecule has 1 amide bonds. The average molecular weight is 359 g/mol. The number of Topliss-reactive ketones (excluding diaryl/α,β-unsaturated/α-hetero) is 1. The molecule has 0 fully saturated rings. The van der Waals surface area contributed by atoms with Gasteiger partial charge in [0.2, 0.25) is 0 Å². The van der Waals surface area contributed by atoms with E-state index in [2.05, 4.69) is 5.32 Å². The molecule has 0 aliphatic rings. The third-order valence-corrected chi connectivity index (χ3v) is 3.39. The van der Waals surface area contributed by atoms with Crippen LogP contribution in [0.2, 0.25) is 0 Å². The van der Waals surface area contributed by atoms with Gasteiger partial charge in [-0.05, 0) is 50.2 Å². The molecule has 0 heterocycles. The van der Waals surface area contributed by atoms with Crippen molar-refractivity contribution in [3.05, 3.63) is 59.9 Å². The molecule has 0 radical (unpaired) electrons. The number of nitrogens with one attached hydrogen (secondary N) is 1. The van der Waals surface area contributed by atoms with Crippen LogP contribution in [-0.2, 0) is 14.3 Å². The molecule has 0 spiro atoms. The van der Waals surface area contributed by atoms with Crippen LogP contribution in [0.1, 0.15) is 24.2 Å². The van der Waals surface area contributed by atoms with Crippen LogP contribution in [0.4, 0.5) is 10.1 Å². The Balaban J connectivity index is 1.82. The van der Waals surface area contributed by atoms with Crippen molar-refractivity contribution >= 4 is 23.3 Å². The van der Waals surface area contributed by atoms with Gasteiger partial charge in [0.1, 0.15) is 11.6 Å². The second-order valence-electron chi connectivity index (χ2n) is 5.50. The van der Waals surface area contributed by atoms with E-state index in [1.165, 1.54) is 44.2 Å². The third kappa shape index (κ3) is 5.70. The molecule has 0 saturated heterocycles. The van der Waals surface area contributed by atoms with E-state index in [0.29, 0.717) is 17.0 Å². The Morgan fingerprint density at radius 1 is 1.12 bits per heavy atom. The first-order valence-corrected chi connectivity index (χ1v) is 7.85. The summed E-state index contributed by atoms with van der Waals surface area (Å²) in [5.74, 6) is -1.49. The van der Waals surface area contributed by atoms with Gasteiger partial charge in [-0.2, -0.15) is 0 Å². The van der Waals surface area contributed by atoms with Crippen LogP contribution in [0.15, 0.2) is 48.5 Å². The van der Waals surface area contributed by atoms with Gasteiger partial charge in [-0.25, -0.2) is 9.18 Å². The minimum atomic E-state index is -1.06. The molecule has 0 saturated carbocycles. The number of hydrogen-bond donors (Lipinski definition) is 1. The Morgan fingerprint density at radius 2 is 1.81 bits per heavy atom. The predicted molar refractivity (Wildman–Crippen MR) is 92.5 cm³/mol. The Hall–Kier alpha value is -3.22. The normalized spacial score (nSPS) is 11.3. The number of carbonyl (C=O) groups is 3. The summed E-state index contributed by atoms with van der Waals surface area (Å²) in [7, 11) is 0. The van der Waals surface area contributed by atoms with Crippen LogP contribution in [0.25, 0.3) is 0 Å². The Bertz CT molecular complexity index is 804. The molecule has 0 aliphatic heterocycles. The molecule has 7 heteroatoms. The van der Waals surface area contributed by atoms with Crippen molar-refractivity contribution in [2.45, 2.75) is 20.0 Å². The van der Waals surface area contributed by atoms with Crippen molar-refractivity contribution in [2.75, 3.05) is 11.9 Å². The fraction of sp³-hybridized carbons (Fsp3) is 0.211. The van der Waals surface area contributed by atoms with Crippen molar-refractivity contribution < 1.29 is 28.2 Å². The number of anilines is 1. The second kappa shape index (κ2) is 8.75. The number of halogens is 1. The number of benzene rings is 2. The number of hydrogen-bond acceptors (Lipinski definition) is 5. The van der Waals surface area contributed by atoms with Gasteiger partial charge in [0.05, 0.1) is 0 Å². The smallest absolute Gasteiger partial charge is 0.344 e. The SMILES string of the molecule is CC(=O)c1cccc(OCC(=O)O[C@@H](C)C(=O)Nc2ccc(F)cc2)c1. The molecule has 6 nitrogen and oxygen atoms in total. The lowest BCUT2D eigenvalue weighted by atomic mass is 10.1. The first-order chi connectivity index (χ1) is 12.3. The van der Waals surface area contributed by atoms with Crippen molar-refractivity contribution in [1.29, 1.82) is 0 Å². The van der Waals surface area contributed by atoms with Crippen LogP contribution in [-0.4, -0.2) is 30.4 Å². The summed E-state index contributed by atoms with van der Waals surface area (Å²) in [4.78, 5) is 35.1. The van der Waals surface area contributed by atoms with Gasteiger partial charge in [0.25, 0.3) is 5.91 Å². The monoisotopic (exact) mass is 359 g/mol. The van der Waals surface area contributed by atoms with Crippen LogP contribution < -0.4 is 10.1 Å². The highest BCUT2D eigenvalue weighted by atomic mass is 19.1. The fourth-order valence-electron chi connectivity index (χ4n) is 2.01. The van der Waals surface area contributed by atoms with Crippen LogP contribution in [0, 0.1) is 5.82 Å². The maximum absolute atomic E-state index is 12.8. The number of ketones is 1. The number of carbonyl (C=O) groups excluding carboxylic acids is 3. The van der Waals surface area contributed by atoms with Gasteiger partial charge in [0.15, 0.2) is 18.5 Å². The van der Waals surface area contributed by atoms with Crippen molar-refractivity contribution in [3.63, 3.8) is 0 Å². The van der Waals surface area contributed by atoms with Gasteiger partial charge in [-0.3, -0.25) is 9.59 Å². The zero-order chi connectivity index (χ0) is 19.1. The van der Waals surface area contributed by atoms with Gasteiger partial charge in [-0.1, -0.05) is 12.1 Å². The first-order valence-electron chi connectivity index (χ1n) is 7.85. The number of esters is 1. The Labute approximate surface area is 149 Å². The van der Waals surface area contributed by atoms with Gasteiger partial charge < -0.3 is 14.8 Å². The van der Waals surface area contributed by atoms with E-state index in [1.807, 2.05) is 0 Å². The molecule has 0 aliphatic carbocycles. The number of rotatable bonds is 7. The molecule has 2 aromatic rings. The summed E-state index contributed by atoms with van der Waals surface area (Å²) >= 11 is 0. The van der Waals surface area contributed by atoms with Crippen LogP contribution in [0.5, 0.6) is 5.75 Å². The van der Waals surface area contributed by atoms with Gasteiger partial charge >= 0.3 is 5.97 Å². The minimum absolute atomic E-state index is 0.121. The summed E-state index contributed by atoms with van der Waals surface area (Å²) in [5.41, 5.74) is 0.847. The number of amides is 1. The van der Waals surface area contributed by atoms with Crippen LogP contribution in [0.3, 0.4) is 0 Å². The predicted octanol–water partition coefficient (Wildman–Crippen LogP) is 2.98. The van der Waals surface area contributed by atoms with Gasteiger partial charge in [0, 0.05) is 11.3 Å². The zero-order valence-corrected chi connectivity index (χ0v) is 14.3. The lowest BCUT2D eigenvalue weighted by Crippen LogP contribution is -2.31. The summed E-state index contributed by atoms with van der Waals surface area (Å²) in [6.07, 6.45) is -1.06. The molecular weight excluding hydrogens is 341 g/mol. The van der Waals surface area contributed by atoms with E-state index in [0.717, 1.165) is 0 Å². The summed E-state index contributed by atoms with van der Waals surface area (Å²) in [5, 5.41) is 2.51. The van der Waals surface area contributed by atoms with Crippen molar-refractivity contribution in [1.82, 2.24) is 0 Å². The second-order valence-corrected chi connectivity index (χ2v) is 5.50. The molecular formula is C19H18FNO5. The maximum atomic E-state index is 12.8. The standard InChI is InChI=1S/C19H18FNO5/c1-12(22)14-4-3-5-17(10-14)25-11-18(23)26-13(2)19(24)21-16-8-6-15(20)7-9-16/h3-10,13H,11H2,1-2H3,(H,21,24)/t13-/m0/s1. The molecule has 1 N–H and O–H groups in total. The minimum Gasteiger partial charge on any atom is -0.482 e. The quantitative estimate of drug-likeness (QED) is 0.607. The zero-order valence-electron chi connectivity index (χ0n) is 14.3. The largest absolute Gasteiger partial charge is 0.482 e. The highest BCUT2D eigenvalue weighted by molar-refractivity contribution is 5.95. The fourth-order valence-corrected chi connectivity index (χ4v) is 2.01. The molecule has 136 valence electrons. The van der Waals surface area contributed by atoms with E-state index in [-0.39, 0.29) is 5.78 Å². The lowest BCUT2D eigenvalue weighted by Gasteiger charge is -2.14. The van der Waals surface area contributed by atoms with E-state index < -0.39 is 30.4 Å². The molecule has 0 unspecified atom stereocenters. The van der Waals surface area contributed by atoms with E-state index in [9.17, 15) is 18.8 Å². The van der Waals surface area contributed by atoms with Crippen LogP contribution >= 0.6 is 0 Å². The Kier molecular flexibility index (Phi) is 6.43. The van der Waals surface area contributed by atoms with Crippen molar-refractivity contribution in [3.8, 4) is 5.75 Å². The summed E-state index contributed by atoms with van der Waals surface area (Å²) in [6, 6.07) is 11.6.